The van der Waals surface area contributed by atoms with Crippen LogP contribution in [0.1, 0.15) is 26.2 Å². The van der Waals surface area contributed by atoms with Gasteiger partial charge < -0.3 is 0 Å². The Kier molecular flexibility index (Phi) is 2.32. The summed E-state index contributed by atoms with van der Waals surface area (Å²) in [6, 6.07) is 0.741. The van der Waals surface area contributed by atoms with E-state index in [-0.39, 0.29) is 0 Å². The number of quaternary nitrogens is 1. The molecule has 2 nitrogen and oxygen atoms in total. The highest BCUT2D eigenvalue weighted by molar-refractivity contribution is 4.61. The quantitative estimate of drug-likeness (QED) is 0.534. The molecule has 0 spiro atoms. The van der Waals surface area contributed by atoms with E-state index < -0.39 is 0 Å². The van der Waals surface area contributed by atoms with Crippen molar-refractivity contribution in [1.82, 2.24) is 0 Å². The van der Waals surface area contributed by atoms with Crippen molar-refractivity contribution in [1.29, 1.82) is 0 Å². The fourth-order valence-corrected chi connectivity index (χ4v) is 1.93. The van der Waals surface area contributed by atoms with Gasteiger partial charge in [-0.3, -0.25) is 0 Å². The highest BCUT2D eigenvalue weighted by Crippen LogP contribution is 2.26. The third-order valence-corrected chi connectivity index (χ3v) is 2.80. The first-order valence-electron chi connectivity index (χ1n) is 4.14. The second-order valence-corrected chi connectivity index (χ2v) is 3.28. The van der Waals surface area contributed by atoms with Crippen LogP contribution in [-0.4, -0.2) is 31.4 Å². The molecule has 1 fully saturated rings. The van der Waals surface area contributed by atoms with Crippen LogP contribution in [-0.2, 0) is 4.84 Å². The van der Waals surface area contributed by atoms with Gasteiger partial charge in [0.2, 0.25) is 0 Å². The molecule has 0 aromatic heterocycles. The number of rotatable bonds is 2. The van der Waals surface area contributed by atoms with Crippen LogP contribution in [0.4, 0.5) is 0 Å². The van der Waals surface area contributed by atoms with Gasteiger partial charge in [0.05, 0.1) is 14.2 Å². The van der Waals surface area contributed by atoms with Crippen LogP contribution in [0.3, 0.4) is 0 Å². The predicted molar refractivity (Wildman–Crippen MR) is 41.4 cm³/mol. The molecule has 1 aliphatic heterocycles. The normalized spacial score (nSPS) is 40.5. The molecule has 2 atom stereocenters. The van der Waals surface area contributed by atoms with Crippen molar-refractivity contribution in [3.63, 3.8) is 0 Å². The van der Waals surface area contributed by atoms with Gasteiger partial charge in [-0.15, -0.1) is 0 Å². The molecule has 1 aliphatic rings. The number of likely N-dealkylation sites (tertiary alicyclic amines) is 1. The van der Waals surface area contributed by atoms with Crippen LogP contribution in [0.2, 0.25) is 0 Å². The molecule has 10 heavy (non-hydrogen) atoms. The Bertz CT molecular complexity index is 116. The Morgan fingerprint density at radius 3 is 2.70 bits per heavy atom. The monoisotopic (exact) mass is 144 g/mol. The molecule has 0 aromatic rings. The molecule has 0 amide bonds. The SMILES string of the molecule is CCC1CCC[N+]1(C)OC. The molecule has 0 bridgehead atoms. The van der Waals surface area contributed by atoms with Gasteiger partial charge in [-0.25, -0.2) is 4.84 Å². The number of hydroxylamine groups is 3. The van der Waals surface area contributed by atoms with E-state index in [1.165, 1.54) is 25.8 Å². The van der Waals surface area contributed by atoms with Crippen molar-refractivity contribution in [2.75, 3.05) is 20.7 Å². The minimum absolute atomic E-state index is 0.741. The second kappa shape index (κ2) is 2.89. The van der Waals surface area contributed by atoms with Gasteiger partial charge in [0.25, 0.3) is 0 Å². The van der Waals surface area contributed by atoms with Crippen LogP contribution in [0.15, 0.2) is 0 Å². The lowest BCUT2D eigenvalue weighted by atomic mass is 10.2. The number of hydrogen-bond donors (Lipinski definition) is 0. The molecule has 0 radical (unpaired) electrons. The van der Waals surface area contributed by atoms with Crippen molar-refractivity contribution in [3.05, 3.63) is 0 Å². The summed E-state index contributed by atoms with van der Waals surface area (Å²) in [7, 11) is 4.00. The average Bonchev–Trinajstić information content (AvgIpc) is 2.32. The molecule has 1 saturated heterocycles. The van der Waals surface area contributed by atoms with Gasteiger partial charge in [-0.05, 0) is 6.42 Å². The molecule has 60 valence electrons. The van der Waals surface area contributed by atoms with Gasteiger partial charge in [0.15, 0.2) is 0 Å². The minimum atomic E-state index is 0.741. The summed E-state index contributed by atoms with van der Waals surface area (Å²) in [4.78, 5) is 5.44. The van der Waals surface area contributed by atoms with E-state index in [4.69, 9.17) is 4.84 Å². The molecule has 1 heterocycles. The molecule has 0 N–H and O–H groups in total. The fraction of sp³-hybridized carbons (Fsp3) is 1.00. The summed E-state index contributed by atoms with van der Waals surface area (Å²) in [6.45, 7) is 3.43. The maximum absolute atomic E-state index is 5.44. The van der Waals surface area contributed by atoms with Crippen LogP contribution >= 0.6 is 0 Å². The van der Waals surface area contributed by atoms with Gasteiger partial charge >= 0.3 is 0 Å². The summed E-state index contributed by atoms with van der Waals surface area (Å²) in [6.07, 6.45) is 3.90. The Morgan fingerprint density at radius 1 is 1.60 bits per heavy atom. The smallest absolute Gasteiger partial charge is 0.119 e. The molecule has 0 aliphatic carbocycles. The summed E-state index contributed by atoms with van der Waals surface area (Å²) in [5.41, 5.74) is 0. The van der Waals surface area contributed by atoms with Crippen LogP contribution < -0.4 is 0 Å². The molecule has 2 unspecified atom stereocenters. The van der Waals surface area contributed by atoms with Crippen molar-refractivity contribution >= 4 is 0 Å². The largest absolute Gasteiger partial charge is 0.206 e. The van der Waals surface area contributed by atoms with E-state index in [9.17, 15) is 0 Å². The second-order valence-electron chi connectivity index (χ2n) is 3.28. The maximum Gasteiger partial charge on any atom is 0.119 e. The first kappa shape index (κ1) is 8.02. The van der Waals surface area contributed by atoms with Crippen molar-refractivity contribution in [2.24, 2.45) is 0 Å². The summed E-state index contributed by atoms with van der Waals surface area (Å²) in [5, 5.41) is 0. The highest BCUT2D eigenvalue weighted by Gasteiger charge is 2.37. The van der Waals surface area contributed by atoms with Gasteiger partial charge in [-0.1, -0.05) is 6.92 Å². The van der Waals surface area contributed by atoms with Crippen molar-refractivity contribution in [3.8, 4) is 0 Å². The Hall–Kier alpha value is -0.0800. The first-order valence-corrected chi connectivity index (χ1v) is 4.14. The lowest BCUT2D eigenvalue weighted by Gasteiger charge is -2.30. The van der Waals surface area contributed by atoms with E-state index in [0.29, 0.717) is 0 Å². The van der Waals surface area contributed by atoms with E-state index in [1.807, 2.05) is 7.11 Å². The van der Waals surface area contributed by atoms with Crippen molar-refractivity contribution < 1.29 is 9.48 Å². The van der Waals surface area contributed by atoms with Crippen LogP contribution in [0, 0.1) is 0 Å². The third kappa shape index (κ3) is 1.18. The van der Waals surface area contributed by atoms with Gasteiger partial charge in [0, 0.05) is 12.8 Å². The predicted octanol–water partition coefficient (Wildman–Crippen LogP) is 1.57. The lowest BCUT2D eigenvalue weighted by Crippen LogP contribution is -2.46. The van der Waals surface area contributed by atoms with E-state index in [2.05, 4.69) is 14.0 Å². The van der Waals surface area contributed by atoms with Crippen molar-refractivity contribution in [2.45, 2.75) is 32.2 Å². The Labute approximate surface area is 63.3 Å². The zero-order valence-electron chi connectivity index (χ0n) is 7.26. The zero-order chi connectivity index (χ0) is 7.61. The summed E-state index contributed by atoms with van der Waals surface area (Å²) < 4.78 is 0.830. The van der Waals surface area contributed by atoms with E-state index in [1.54, 1.807) is 0 Å². The van der Waals surface area contributed by atoms with Gasteiger partial charge in [0.1, 0.15) is 12.6 Å². The summed E-state index contributed by atoms with van der Waals surface area (Å²) in [5.74, 6) is 0. The first-order chi connectivity index (χ1) is 4.73. The average molecular weight is 144 g/mol. The topological polar surface area (TPSA) is 9.23 Å². The van der Waals surface area contributed by atoms with Gasteiger partial charge in [-0.2, -0.15) is 4.65 Å². The maximum atomic E-state index is 5.44. The van der Waals surface area contributed by atoms with Crippen LogP contribution in [0.25, 0.3) is 0 Å². The third-order valence-electron chi connectivity index (χ3n) is 2.80. The Balaban J connectivity index is 2.56. The standard InChI is InChI=1S/C8H18NO/c1-4-8-6-5-7-9(8,2)10-3/h8H,4-7H2,1-3H3/q+1. The molecule has 1 rings (SSSR count). The number of hydrogen-bond acceptors (Lipinski definition) is 1. The molecule has 2 heteroatoms. The zero-order valence-corrected chi connectivity index (χ0v) is 7.26. The fourth-order valence-electron chi connectivity index (χ4n) is 1.93. The molecular weight excluding hydrogens is 126 g/mol. The molecular formula is C8H18NO+. The molecule has 0 saturated carbocycles. The van der Waals surface area contributed by atoms with E-state index >= 15 is 0 Å². The molecule has 0 aromatic carbocycles. The van der Waals surface area contributed by atoms with E-state index in [0.717, 1.165) is 10.7 Å². The highest BCUT2D eigenvalue weighted by atomic mass is 16.7. The minimum Gasteiger partial charge on any atom is -0.206 e. The van der Waals surface area contributed by atoms with Crippen LogP contribution in [0.5, 0.6) is 0 Å². The Morgan fingerprint density at radius 2 is 2.30 bits per heavy atom. The summed E-state index contributed by atoms with van der Waals surface area (Å²) >= 11 is 0. The lowest BCUT2D eigenvalue weighted by molar-refractivity contribution is -1.10. The number of nitrogens with zero attached hydrogens (tertiary/aromatic N) is 1.